The number of benzene rings is 2. The number of nitrogens with one attached hydrogen (secondary N) is 1. The fourth-order valence-electron chi connectivity index (χ4n) is 3.40. The number of nitrogens with zero attached hydrogens (tertiary/aromatic N) is 3. The second-order valence-electron chi connectivity index (χ2n) is 7.61. The molecule has 0 aliphatic carbocycles. The number of anilines is 1. The van der Waals surface area contributed by atoms with Gasteiger partial charge in [0.25, 0.3) is 0 Å². The summed E-state index contributed by atoms with van der Waals surface area (Å²) in [5, 5.41) is 8.16. The predicted molar refractivity (Wildman–Crippen MR) is 129 cm³/mol. The Morgan fingerprint density at radius 1 is 1.03 bits per heavy atom. The average Bonchev–Trinajstić information content (AvgIpc) is 3.21. The molecule has 3 rings (SSSR count). The molecular weight excluding hydrogens is 424 g/mol. The summed E-state index contributed by atoms with van der Waals surface area (Å²) in [5.41, 5.74) is 2.30. The molecule has 0 saturated heterocycles. The van der Waals surface area contributed by atoms with Crippen LogP contribution >= 0.6 is 11.6 Å². The molecule has 0 aliphatic heterocycles. The summed E-state index contributed by atoms with van der Waals surface area (Å²) in [6, 6.07) is 18.9. The molecule has 0 fully saturated rings. The molecule has 1 aromatic heterocycles. The maximum absolute atomic E-state index is 12.9. The third-order valence-electron chi connectivity index (χ3n) is 5.06. The van der Waals surface area contributed by atoms with E-state index in [9.17, 15) is 9.59 Å². The summed E-state index contributed by atoms with van der Waals surface area (Å²) in [5.74, 6) is 0.236. The van der Waals surface area contributed by atoms with E-state index in [1.807, 2.05) is 61.5 Å². The van der Waals surface area contributed by atoms with Gasteiger partial charge in [0.1, 0.15) is 5.82 Å². The molecule has 0 spiro atoms. The van der Waals surface area contributed by atoms with Crippen LogP contribution in [0.4, 0.5) is 5.82 Å². The van der Waals surface area contributed by atoms with Gasteiger partial charge in [-0.2, -0.15) is 5.10 Å². The second kappa shape index (κ2) is 11.5. The first-order valence-electron chi connectivity index (χ1n) is 11.0. The van der Waals surface area contributed by atoms with Gasteiger partial charge in [-0.15, -0.1) is 0 Å². The molecule has 0 bridgehead atoms. The van der Waals surface area contributed by atoms with Crippen LogP contribution in [0.1, 0.15) is 39.5 Å². The number of para-hydroxylation sites is 1. The van der Waals surface area contributed by atoms with Crippen molar-refractivity contribution < 1.29 is 9.59 Å². The highest BCUT2D eigenvalue weighted by atomic mass is 35.5. The van der Waals surface area contributed by atoms with E-state index in [4.69, 9.17) is 16.7 Å². The Balaban J connectivity index is 1.88. The van der Waals surface area contributed by atoms with Gasteiger partial charge in [0.15, 0.2) is 0 Å². The van der Waals surface area contributed by atoms with Gasteiger partial charge in [-0.3, -0.25) is 9.59 Å². The number of unbranched alkanes of at least 4 members (excludes halogenated alkanes) is 1. The fourth-order valence-corrected chi connectivity index (χ4v) is 3.61. The Morgan fingerprint density at radius 2 is 1.75 bits per heavy atom. The number of carbonyl (C=O) groups is 2. The monoisotopic (exact) mass is 452 g/mol. The van der Waals surface area contributed by atoms with E-state index in [2.05, 4.69) is 12.2 Å². The van der Waals surface area contributed by atoms with Crippen molar-refractivity contribution >= 4 is 29.2 Å². The van der Waals surface area contributed by atoms with E-state index in [0.717, 1.165) is 24.8 Å². The van der Waals surface area contributed by atoms with Gasteiger partial charge in [0, 0.05) is 24.6 Å². The van der Waals surface area contributed by atoms with E-state index in [1.165, 1.54) is 0 Å². The third kappa shape index (κ3) is 5.98. The Morgan fingerprint density at radius 3 is 2.44 bits per heavy atom. The topological polar surface area (TPSA) is 67.2 Å². The quantitative estimate of drug-likeness (QED) is 0.438. The number of aromatic nitrogens is 2. The molecular formula is C25H29ClN4O2. The second-order valence-corrected chi connectivity index (χ2v) is 8.02. The Labute approximate surface area is 194 Å². The molecule has 0 saturated carbocycles. The standard InChI is InChI=1S/C25H29ClN4O2/c1-3-5-16-29(25(32)11-4-2)18-24(31)27-23-17-21(19-12-7-6-8-13-19)28-30(23)22-15-10-9-14-20(22)26/h6-10,12-15,17H,3-5,11,16,18H2,1-2H3,(H,27,31). The fraction of sp³-hybridized carbons (Fsp3) is 0.320. The Bertz CT molecular complexity index is 1050. The highest BCUT2D eigenvalue weighted by Crippen LogP contribution is 2.28. The number of hydrogen-bond donors (Lipinski definition) is 1. The van der Waals surface area contributed by atoms with Crippen molar-refractivity contribution in [3.63, 3.8) is 0 Å². The van der Waals surface area contributed by atoms with Crippen molar-refractivity contribution in [2.24, 2.45) is 0 Å². The first-order chi connectivity index (χ1) is 15.5. The predicted octanol–water partition coefficient (Wildman–Crippen LogP) is 5.56. The van der Waals surface area contributed by atoms with Gasteiger partial charge < -0.3 is 10.2 Å². The number of hydrogen-bond acceptors (Lipinski definition) is 3. The van der Waals surface area contributed by atoms with Crippen LogP contribution in [0, 0.1) is 0 Å². The van der Waals surface area contributed by atoms with Gasteiger partial charge in [0.2, 0.25) is 11.8 Å². The first-order valence-corrected chi connectivity index (χ1v) is 11.4. The van der Waals surface area contributed by atoms with Crippen molar-refractivity contribution in [2.45, 2.75) is 39.5 Å². The molecule has 2 amide bonds. The molecule has 6 nitrogen and oxygen atoms in total. The molecule has 32 heavy (non-hydrogen) atoms. The number of carbonyl (C=O) groups excluding carboxylic acids is 2. The molecule has 0 atom stereocenters. The van der Waals surface area contributed by atoms with Crippen LogP contribution in [0.5, 0.6) is 0 Å². The largest absolute Gasteiger partial charge is 0.333 e. The minimum absolute atomic E-state index is 0.000635. The van der Waals surface area contributed by atoms with Crippen LogP contribution in [0.15, 0.2) is 60.7 Å². The Kier molecular flexibility index (Phi) is 8.45. The molecule has 0 radical (unpaired) electrons. The van der Waals surface area contributed by atoms with Crippen LogP contribution in [0.2, 0.25) is 5.02 Å². The lowest BCUT2D eigenvalue weighted by molar-refractivity contribution is -0.134. The molecule has 7 heteroatoms. The van der Waals surface area contributed by atoms with E-state index >= 15 is 0 Å². The van der Waals surface area contributed by atoms with Gasteiger partial charge in [-0.25, -0.2) is 4.68 Å². The van der Waals surface area contributed by atoms with E-state index in [1.54, 1.807) is 15.6 Å². The highest BCUT2D eigenvalue weighted by molar-refractivity contribution is 6.32. The van der Waals surface area contributed by atoms with Crippen molar-refractivity contribution in [1.82, 2.24) is 14.7 Å². The van der Waals surface area contributed by atoms with Gasteiger partial charge in [-0.05, 0) is 25.0 Å². The van der Waals surface area contributed by atoms with E-state index in [-0.39, 0.29) is 18.4 Å². The summed E-state index contributed by atoms with van der Waals surface area (Å²) < 4.78 is 1.63. The zero-order valence-corrected chi connectivity index (χ0v) is 19.3. The molecule has 0 aliphatic rings. The lowest BCUT2D eigenvalue weighted by Gasteiger charge is -2.22. The SMILES string of the molecule is CCCCN(CC(=O)Nc1cc(-c2ccccc2)nn1-c1ccccc1Cl)C(=O)CCC. The highest BCUT2D eigenvalue weighted by Gasteiger charge is 2.19. The zero-order valence-electron chi connectivity index (χ0n) is 18.6. The summed E-state index contributed by atoms with van der Waals surface area (Å²) in [6.45, 7) is 4.61. The van der Waals surface area contributed by atoms with Crippen LogP contribution in [0.25, 0.3) is 16.9 Å². The average molecular weight is 453 g/mol. The molecule has 2 aromatic carbocycles. The molecule has 1 N–H and O–H groups in total. The number of rotatable bonds is 10. The van der Waals surface area contributed by atoms with Crippen LogP contribution in [-0.4, -0.2) is 39.6 Å². The summed E-state index contributed by atoms with van der Waals surface area (Å²) in [6.07, 6.45) is 3.01. The smallest absolute Gasteiger partial charge is 0.245 e. The molecule has 168 valence electrons. The van der Waals surface area contributed by atoms with Crippen molar-refractivity contribution in [3.8, 4) is 16.9 Å². The Hall–Kier alpha value is -3.12. The number of halogens is 1. The van der Waals surface area contributed by atoms with Crippen LogP contribution in [-0.2, 0) is 9.59 Å². The summed E-state index contributed by atoms with van der Waals surface area (Å²) in [7, 11) is 0. The maximum atomic E-state index is 12.9. The lowest BCUT2D eigenvalue weighted by atomic mass is 10.1. The van der Waals surface area contributed by atoms with E-state index < -0.39 is 0 Å². The normalized spacial score (nSPS) is 10.7. The molecule has 1 heterocycles. The van der Waals surface area contributed by atoms with Crippen LogP contribution < -0.4 is 5.32 Å². The van der Waals surface area contributed by atoms with Crippen molar-refractivity contribution in [1.29, 1.82) is 0 Å². The number of amides is 2. The zero-order chi connectivity index (χ0) is 22.9. The summed E-state index contributed by atoms with van der Waals surface area (Å²) in [4.78, 5) is 27.0. The van der Waals surface area contributed by atoms with Crippen LogP contribution in [0.3, 0.4) is 0 Å². The van der Waals surface area contributed by atoms with Crippen molar-refractivity contribution in [2.75, 3.05) is 18.4 Å². The lowest BCUT2D eigenvalue weighted by Crippen LogP contribution is -2.38. The first kappa shape index (κ1) is 23.5. The minimum Gasteiger partial charge on any atom is -0.333 e. The maximum Gasteiger partial charge on any atom is 0.245 e. The van der Waals surface area contributed by atoms with Gasteiger partial charge >= 0.3 is 0 Å². The van der Waals surface area contributed by atoms with Gasteiger partial charge in [-0.1, -0.05) is 74.3 Å². The van der Waals surface area contributed by atoms with E-state index in [0.29, 0.717) is 35.2 Å². The third-order valence-corrected chi connectivity index (χ3v) is 5.38. The molecule has 3 aromatic rings. The van der Waals surface area contributed by atoms with Crippen molar-refractivity contribution in [3.05, 3.63) is 65.7 Å². The summed E-state index contributed by atoms with van der Waals surface area (Å²) >= 11 is 6.41. The molecule has 0 unspecified atom stereocenters. The van der Waals surface area contributed by atoms with Gasteiger partial charge in [0.05, 0.1) is 22.9 Å². The minimum atomic E-state index is -0.265.